The zero-order valence-electron chi connectivity index (χ0n) is 12.3. The van der Waals surface area contributed by atoms with Crippen LogP contribution in [0.5, 0.6) is 0 Å². The molecule has 0 spiro atoms. The van der Waals surface area contributed by atoms with Crippen molar-refractivity contribution in [2.45, 2.75) is 71.9 Å². The SMILES string of the molecule is CCCNC(CCC)CN(C)C(C)(C)CC. The lowest BCUT2D eigenvalue weighted by atomic mass is 9.98. The van der Waals surface area contributed by atoms with E-state index in [1.54, 1.807) is 0 Å². The quantitative estimate of drug-likeness (QED) is 0.651. The van der Waals surface area contributed by atoms with Gasteiger partial charge in [-0.15, -0.1) is 0 Å². The first-order valence-corrected chi connectivity index (χ1v) is 6.92. The third kappa shape index (κ3) is 5.86. The molecule has 0 bridgehead atoms. The van der Waals surface area contributed by atoms with Crippen molar-refractivity contribution in [3.05, 3.63) is 0 Å². The Morgan fingerprint density at radius 2 is 1.75 bits per heavy atom. The maximum atomic E-state index is 3.66. The van der Waals surface area contributed by atoms with E-state index < -0.39 is 0 Å². The minimum Gasteiger partial charge on any atom is -0.313 e. The highest BCUT2D eigenvalue weighted by Crippen LogP contribution is 2.17. The number of rotatable bonds is 9. The Hall–Kier alpha value is -0.0800. The van der Waals surface area contributed by atoms with Crippen molar-refractivity contribution in [1.29, 1.82) is 0 Å². The van der Waals surface area contributed by atoms with Crippen LogP contribution in [0.15, 0.2) is 0 Å². The molecule has 0 fully saturated rings. The topological polar surface area (TPSA) is 15.3 Å². The van der Waals surface area contributed by atoms with E-state index in [1.807, 2.05) is 0 Å². The van der Waals surface area contributed by atoms with Gasteiger partial charge in [-0.2, -0.15) is 0 Å². The van der Waals surface area contributed by atoms with E-state index in [-0.39, 0.29) is 0 Å². The van der Waals surface area contributed by atoms with Crippen molar-refractivity contribution < 1.29 is 0 Å². The summed E-state index contributed by atoms with van der Waals surface area (Å²) in [4.78, 5) is 2.50. The minimum atomic E-state index is 0.319. The van der Waals surface area contributed by atoms with Crippen molar-refractivity contribution in [3.63, 3.8) is 0 Å². The van der Waals surface area contributed by atoms with Gasteiger partial charge in [-0.25, -0.2) is 0 Å². The van der Waals surface area contributed by atoms with Gasteiger partial charge < -0.3 is 5.32 Å². The molecule has 0 aromatic carbocycles. The largest absolute Gasteiger partial charge is 0.313 e. The summed E-state index contributed by atoms with van der Waals surface area (Å²) in [6.07, 6.45) is 4.98. The molecule has 0 rings (SSSR count). The number of hydrogen-bond donors (Lipinski definition) is 1. The molecule has 0 heterocycles. The standard InChI is InChI=1S/C14H32N2/c1-7-10-13(15-11-8-2)12-16(6)14(4,5)9-3/h13,15H,7-12H2,1-6H3. The summed E-state index contributed by atoms with van der Waals surface area (Å²) in [5, 5.41) is 3.66. The first kappa shape index (κ1) is 15.9. The highest BCUT2D eigenvalue weighted by molar-refractivity contribution is 4.81. The second-order valence-electron chi connectivity index (χ2n) is 5.49. The first-order valence-electron chi connectivity index (χ1n) is 6.92. The van der Waals surface area contributed by atoms with Crippen molar-refractivity contribution in [1.82, 2.24) is 10.2 Å². The van der Waals surface area contributed by atoms with E-state index in [0.717, 1.165) is 13.1 Å². The van der Waals surface area contributed by atoms with Crippen molar-refractivity contribution in [2.24, 2.45) is 0 Å². The summed E-state index contributed by atoms with van der Waals surface area (Å²) in [5.74, 6) is 0. The lowest BCUT2D eigenvalue weighted by molar-refractivity contribution is 0.133. The monoisotopic (exact) mass is 228 g/mol. The predicted octanol–water partition coefficient (Wildman–Crippen LogP) is 3.28. The molecular weight excluding hydrogens is 196 g/mol. The predicted molar refractivity (Wildman–Crippen MR) is 74.0 cm³/mol. The maximum absolute atomic E-state index is 3.66. The van der Waals surface area contributed by atoms with Gasteiger partial charge in [0.15, 0.2) is 0 Å². The molecule has 2 heteroatoms. The molecular formula is C14H32N2. The van der Waals surface area contributed by atoms with Crippen molar-refractivity contribution >= 4 is 0 Å². The average Bonchev–Trinajstić information content (AvgIpc) is 2.26. The highest BCUT2D eigenvalue weighted by atomic mass is 15.2. The fourth-order valence-corrected chi connectivity index (χ4v) is 1.80. The van der Waals surface area contributed by atoms with Crippen molar-refractivity contribution in [2.75, 3.05) is 20.1 Å². The zero-order chi connectivity index (χ0) is 12.6. The molecule has 0 aliphatic heterocycles. The molecule has 0 aromatic heterocycles. The number of likely N-dealkylation sites (N-methyl/N-ethyl adjacent to an activating group) is 1. The summed E-state index contributed by atoms with van der Waals surface area (Å²) in [5.41, 5.74) is 0.319. The smallest absolute Gasteiger partial charge is 0.0195 e. The van der Waals surface area contributed by atoms with Gasteiger partial charge in [-0.3, -0.25) is 4.90 Å². The molecule has 0 aromatic rings. The normalized spacial score (nSPS) is 14.4. The molecule has 0 aliphatic rings. The lowest BCUT2D eigenvalue weighted by Gasteiger charge is -2.37. The number of nitrogens with zero attached hydrogens (tertiary/aromatic N) is 1. The first-order chi connectivity index (χ1) is 7.47. The molecule has 0 aliphatic carbocycles. The van der Waals surface area contributed by atoms with Gasteiger partial charge in [0, 0.05) is 18.1 Å². The van der Waals surface area contributed by atoms with E-state index in [2.05, 4.69) is 51.9 Å². The van der Waals surface area contributed by atoms with E-state index in [9.17, 15) is 0 Å². The van der Waals surface area contributed by atoms with E-state index in [0.29, 0.717) is 11.6 Å². The third-order valence-electron chi connectivity index (χ3n) is 3.71. The van der Waals surface area contributed by atoms with E-state index in [4.69, 9.17) is 0 Å². The average molecular weight is 228 g/mol. The molecule has 98 valence electrons. The van der Waals surface area contributed by atoms with Gasteiger partial charge >= 0.3 is 0 Å². The molecule has 16 heavy (non-hydrogen) atoms. The maximum Gasteiger partial charge on any atom is 0.0195 e. The fourth-order valence-electron chi connectivity index (χ4n) is 1.80. The van der Waals surface area contributed by atoms with Crippen molar-refractivity contribution in [3.8, 4) is 0 Å². The summed E-state index contributed by atoms with van der Waals surface area (Å²) in [6.45, 7) is 13.7. The Labute approximate surface area is 103 Å². The van der Waals surface area contributed by atoms with E-state index >= 15 is 0 Å². The summed E-state index contributed by atoms with van der Waals surface area (Å²) >= 11 is 0. The molecule has 1 N–H and O–H groups in total. The molecule has 2 nitrogen and oxygen atoms in total. The Balaban J connectivity index is 4.15. The van der Waals surface area contributed by atoms with Crippen LogP contribution in [0.1, 0.15) is 60.3 Å². The molecule has 0 saturated carbocycles. The second kappa shape index (κ2) is 8.08. The summed E-state index contributed by atoms with van der Waals surface area (Å²) in [6, 6.07) is 0.653. The second-order valence-corrected chi connectivity index (χ2v) is 5.49. The molecule has 1 atom stereocenters. The van der Waals surface area contributed by atoms with Gasteiger partial charge in [0.2, 0.25) is 0 Å². The molecule has 0 saturated heterocycles. The van der Waals surface area contributed by atoms with Crippen LogP contribution in [0.4, 0.5) is 0 Å². The van der Waals surface area contributed by atoms with Crippen LogP contribution in [0.25, 0.3) is 0 Å². The van der Waals surface area contributed by atoms with Gasteiger partial charge in [0.1, 0.15) is 0 Å². The van der Waals surface area contributed by atoms with E-state index in [1.165, 1.54) is 25.7 Å². The van der Waals surface area contributed by atoms with Gasteiger partial charge in [0.05, 0.1) is 0 Å². The van der Waals surface area contributed by atoms with Gasteiger partial charge in [0.25, 0.3) is 0 Å². The Bertz CT molecular complexity index is 166. The Kier molecular flexibility index (Phi) is 8.04. The van der Waals surface area contributed by atoms with Crippen LogP contribution in [0, 0.1) is 0 Å². The fraction of sp³-hybridized carbons (Fsp3) is 1.00. The minimum absolute atomic E-state index is 0.319. The van der Waals surface area contributed by atoms with Gasteiger partial charge in [-0.1, -0.05) is 27.2 Å². The van der Waals surface area contributed by atoms with Crippen LogP contribution < -0.4 is 5.32 Å². The Morgan fingerprint density at radius 1 is 1.12 bits per heavy atom. The Morgan fingerprint density at radius 3 is 2.19 bits per heavy atom. The third-order valence-corrected chi connectivity index (χ3v) is 3.71. The van der Waals surface area contributed by atoms with Crippen LogP contribution in [0.2, 0.25) is 0 Å². The number of nitrogens with one attached hydrogen (secondary N) is 1. The molecule has 1 unspecified atom stereocenters. The van der Waals surface area contributed by atoms with Gasteiger partial charge in [-0.05, 0) is 46.7 Å². The zero-order valence-corrected chi connectivity index (χ0v) is 12.3. The highest BCUT2D eigenvalue weighted by Gasteiger charge is 2.23. The lowest BCUT2D eigenvalue weighted by Crippen LogP contribution is -2.48. The van der Waals surface area contributed by atoms with Crippen LogP contribution in [-0.4, -0.2) is 36.6 Å². The summed E-state index contributed by atoms with van der Waals surface area (Å²) in [7, 11) is 2.25. The molecule has 0 amide bonds. The van der Waals surface area contributed by atoms with Crippen LogP contribution in [0.3, 0.4) is 0 Å². The van der Waals surface area contributed by atoms with Crippen LogP contribution >= 0.6 is 0 Å². The summed E-state index contributed by atoms with van der Waals surface area (Å²) < 4.78 is 0. The molecule has 0 radical (unpaired) electrons. The van der Waals surface area contributed by atoms with Crippen LogP contribution in [-0.2, 0) is 0 Å². The number of hydrogen-bond acceptors (Lipinski definition) is 2.